The van der Waals surface area contributed by atoms with Crippen LogP contribution in [0.5, 0.6) is 0 Å². The molecule has 0 aromatic rings. The van der Waals surface area contributed by atoms with Crippen molar-refractivity contribution < 1.29 is 49.7 Å². The SMILES string of the molecule is CCCCCCCCCCCCCCC[C@@H](O)[C@H](CO[C@H]1O[C@H](C(=O)O)[C@@H](O)[C@H](O)[C@H]1O)NC(=O)[C@@H](O)CCCCCCCCCCCC. The fraction of sp³-hybridized carbons (Fsp3) is 0.947. The van der Waals surface area contributed by atoms with Crippen molar-refractivity contribution in [2.75, 3.05) is 6.61 Å². The van der Waals surface area contributed by atoms with E-state index in [1.54, 1.807) is 0 Å². The number of amides is 1. The van der Waals surface area contributed by atoms with Gasteiger partial charge in [-0.3, -0.25) is 4.79 Å². The standard InChI is InChI=1S/C38H73NO10/c1-3-5-7-9-11-13-15-16-17-19-20-22-24-26-30(40)29(28-48-38-34(44)32(42)33(43)35(49-38)37(46)47)39-36(45)31(41)27-25-23-21-18-14-12-10-8-6-4-2/h29-35,38,40-44H,3-28H2,1-2H3,(H,39,45)(H,46,47)/t29-,30+,31-,32-,33-,34+,35-,38-/m0/s1. The summed E-state index contributed by atoms with van der Waals surface area (Å²) in [7, 11) is 0. The maximum absolute atomic E-state index is 12.9. The second-order valence-electron chi connectivity index (χ2n) is 14.3. The van der Waals surface area contributed by atoms with Crippen LogP contribution in [0.4, 0.5) is 0 Å². The molecule has 0 radical (unpaired) electrons. The van der Waals surface area contributed by atoms with E-state index in [0.29, 0.717) is 19.3 Å². The van der Waals surface area contributed by atoms with E-state index in [1.807, 2.05) is 0 Å². The second kappa shape index (κ2) is 29.3. The average Bonchev–Trinajstić information content (AvgIpc) is 3.08. The fourth-order valence-electron chi connectivity index (χ4n) is 6.44. The van der Waals surface area contributed by atoms with Gasteiger partial charge in [0.25, 0.3) is 0 Å². The lowest BCUT2D eigenvalue weighted by molar-refractivity contribution is -0.295. The first-order valence-electron chi connectivity index (χ1n) is 19.8. The molecule has 0 aromatic carbocycles. The van der Waals surface area contributed by atoms with Crippen molar-refractivity contribution in [3.8, 4) is 0 Å². The third-order valence-corrected chi connectivity index (χ3v) is 9.78. The van der Waals surface area contributed by atoms with Crippen LogP contribution in [0.1, 0.15) is 174 Å². The predicted molar refractivity (Wildman–Crippen MR) is 191 cm³/mol. The highest BCUT2D eigenvalue weighted by molar-refractivity contribution is 5.80. The first-order chi connectivity index (χ1) is 23.6. The second-order valence-corrected chi connectivity index (χ2v) is 14.3. The van der Waals surface area contributed by atoms with E-state index in [0.717, 1.165) is 44.9 Å². The number of carboxylic acids is 1. The lowest BCUT2D eigenvalue weighted by atomic mass is 9.99. The van der Waals surface area contributed by atoms with Crippen LogP contribution in [0, 0.1) is 0 Å². The minimum Gasteiger partial charge on any atom is -0.479 e. The molecule has 0 spiro atoms. The molecule has 0 saturated carbocycles. The summed E-state index contributed by atoms with van der Waals surface area (Å²) in [6.07, 6.45) is 16.3. The largest absolute Gasteiger partial charge is 0.479 e. The number of carbonyl (C=O) groups is 2. The van der Waals surface area contributed by atoms with Crippen LogP contribution in [0.2, 0.25) is 0 Å². The maximum Gasteiger partial charge on any atom is 0.335 e. The molecule has 1 rings (SSSR count). The zero-order chi connectivity index (χ0) is 36.3. The van der Waals surface area contributed by atoms with Crippen molar-refractivity contribution in [1.82, 2.24) is 5.32 Å². The molecular weight excluding hydrogens is 630 g/mol. The number of carboxylic acid groups (broad SMARTS) is 1. The Hall–Kier alpha value is -1.34. The van der Waals surface area contributed by atoms with Crippen LogP contribution in [-0.2, 0) is 19.1 Å². The van der Waals surface area contributed by atoms with Crippen molar-refractivity contribution in [1.29, 1.82) is 0 Å². The molecule has 1 amide bonds. The van der Waals surface area contributed by atoms with Crippen LogP contribution in [-0.4, -0.2) is 98.1 Å². The fourth-order valence-corrected chi connectivity index (χ4v) is 6.44. The maximum atomic E-state index is 12.9. The molecule has 1 aliphatic heterocycles. The molecule has 0 unspecified atom stereocenters. The highest BCUT2D eigenvalue weighted by atomic mass is 16.7. The number of carbonyl (C=O) groups excluding carboxylic acids is 1. The summed E-state index contributed by atoms with van der Waals surface area (Å²) < 4.78 is 10.8. The number of aliphatic carboxylic acids is 1. The van der Waals surface area contributed by atoms with E-state index in [1.165, 1.54) is 96.3 Å². The minimum atomic E-state index is -1.86. The summed E-state index contributed by atoms with van der Waals surface area (Å²) in [6.45, 7) is 4.07. The summed E-state index contributed by atoms with van der Waals surface area (Å²) in [6, 6.07) is -0.977. The van der Waals surface area contributed by atoms with E-state index in [-0.39, 0.29) is 6.61 Å². The van der Waals surface area contributed by atoms with E-state index >= 15 is 0 Å². The lowest BCUT2D eigenvalue weighted by Gasteiger charge is -2.39. The zero-order valence-corrected chi connectivity index (χ0v) is 30.8. The van der Waals surface area contributed by atoms with Crippen LogP contribution in [0.3, 0.4) is 0 Å². The van der Waals surface area contributed by atoms with Crippen LogP contribution in [0.15, 0.2) is 0 Å². The van der Waals surface area contributed by atoms with E-state index in [4.69, 9.17) is 9.47 Å². The smallest absolute Gasteiger partial charge is 0.335 e. The number of aliphatic hydroxyl groups is 5. The Bertz CT molecular complexity index is 817. The van der Waals surface area contributed by atoms with Gasteiger partial charge in [-0.05, 0) is 12.8 Å². The third kappa shape index (κ3) is 20.9. The predicted octanol–water partition coefficient (Wildman–Crippen LogP) is 5.89. The normalized spacial score (nSPS) is 22.9. The highest BCUT2D eigenvalue weighted by Crippen LogP contribution is 2.23. The monoisotopic (exact) mass is 704 g/mol. The van der Waals surface area contributed by atoms with Gasteiger partial charge in [-0.2, -0.15) is 0 Å². The number of unbranched alkanes of at least 4 members (excludes halogenated alkanes) is 21. The van der Waals surface area contributed by atoms with E-state index in [9.17, 15) is 40.2 Å². The first kappa shape index (κ1) is 45.7. The van der Waals surface area contributed by atoms with Gasteiger partial charge < -0.3 is 45.4 Å². The molecule has 1 saturated heterocycles. The molecule has 0 aromatic heterocycles. The molecule has 0 aliphatic carbocycles. The van der Waals surface area contributed by atoms with Crippen molar-refractivity contribution in [3.63, 3.8) is 0 Å². The highest BCUT2D eigenvalue weighted by Gasteiger charge is 2.47. The van der Waals surface area contributed by atoms with Crippen LogP contribution in [0.25, 0.3) is 0 Å². The average molecular weight is 704 g/mol. The molecule has 290 valence electrons. The molecule has 1 fully saturated rings. The Kier molecular flexibility index (Phi) is 27.3. The number of hydrogen-bond donors (Lipinski definition) is 7. The van der Waals surface area contributed by atoms with Gasteiger partial charge in [-0.1, -0.05) is 162 Å². The number of nitrogens with one attached hydrogen (secondary N) is 1. The van der Waals surface area contributed by atoms with Crippen molar-refractivity contribution in [2.45, 2.75) is 223 Å². The molecule has 0 bridgehead atoms. The Labute approximate surface area is 296 Å². The van der Waals surface area contributed by atoms with Crippen LogP contribution < -0.4 is 5.32 Å². The number of hydrogen-bond acceptors (Lipinski definition) is 9. The molecule has 8 atom stereocenters. The summed E-state index contributed by atoms with van der Waals surface area (Å²) >= 11 is 0. The van der Waals surface area contributed by atoms with Gasteiger partial charge in [0, 0.05) is 0 Å². The zero-order valence-electron chi connectivity index (χ0n) is 30.8. The van der Waals surface area contributed by atoms with Gasteiger partial charge in [0.05, 0.1) is 18.8 Å². The quantitative estimate of drug-likeness (QED) is 0.0417. The Morgan fingerprint density at radius 1 is 0.612 bits per heavy atom. The summed E-state index contributed by atoms with van der Waals surface area (Å²) in [5.41, 5.74) is 0. The molecule has 49 heavy (non-hydrogen) atoms. The van der Waals surface area contributed by atoms with Gasteiger partial charge in [0.2, 0.25) is 5.91 Å². The van der Waals surface area contributed by atoms with Gasteiger partial charge in [0.15, 0.2) is 12.4 Å². The van der Waals surface area contributed by atoms with E-state index in [2.05, 4.69) is 19.2 Å². The number of ether oxygens (including phenoxy) is 2. The van der Waals surface area contributed by atoms with Gasteiger partial charge in [-0.25, -0.2) is 4.79 Å². The van der Waals surface area contributed by atoms with Crippen molar-refractivity contribution in [3.05, 3.63) is 0 Å². The third-order valence-electron chi connectivity index (χ3n) is 9.78. The molecule has 7 N–H and O–H groups in total. The molecule has 11 nitrogen and oxygen atoms in total. The summed E-state index contributed by atoms with van der Waals surface area (Å²) in [4.78, 5) is 24.4. The molecule has 11 heteroatoms. The summed E-state index contributed by atoms with van der Waals surface area (Å²) in [5, 5.41) is 64.1. The van der Waals surface area contributed by atoms with Gasteiger partial charge in [0.1, 0.15) is 24.4 Å². The van der Waals surface area contributed by atoms with Gasteiger partial charge in [-0.15, -0.1) is 0 Å². The molecule has 1 heterocycles. The Morgan fingerprint density at radius 2 is 1.02 bits per heavy atom. The number of aliphatic hydroxyl groups excluding tert-OH is 5. The van der Waals surface area contributed by atoms with Crippen molar-refractivity contribution >= 4 is 11.9 Å². The molecule has 1 aliphatic rings. The van der Waals surface area contributed by atoms with E-state index < -0.39 is 60.8 Å². The van der Waals surface area contributed by atoms with Crippen LogP contribution >= 0.6 is 0 Å². The molecular formula is C38H73NO10. The lowest BCUT2D eigenvalue weighted by Crippen LogP contribution is -2.61. The van der Waals surface area contributed by atoms with Gasteiger partial charge >= 0.3 is 5.97 Å². The number of rotatable bonds is 32. The minimum absolute atomic E-state index is 0.291. The Morgan fingerprint density at radius 3 is 1.45 bits per heavy atom. The first-order valence-corrected chi connectivity index (χ1v) is 19.8. The topological polar surface area (TPSA) is 186 Å². The Balaban J connectivity index is 2.53. The summed E-state index contributed by atoms with van der Waals surface area (Å²) in [5.74, 6) is -2.17. The van der Waals surface area contributed by atoms with Crippen molar-refractivity contribution in [2.24, 2.45) is 0 Å².